The predicted molar refractivity (Wildman–Crippen MR) is 75.8 cm³/mol. The highest BCUT2D eigenvalue weighted by Crippen LogP contribution is 2.07. The topological polar surface area (TPSA) is 29.1 Å². The summed E-state index contributed by atoms with van der Waals surface area (Å²) in [4.78, 5) is 11.8. The van der Waals surface area contributed by atoms with Crippen molar-refractivity contribution in [1.29, 1.82) is 0 Å². The van der Waals surface area contributed by atoms with Crippen molar-refractivity contribution in [1.82, 2.24) is 5.32 Å². The van der Waals surface area contributed by atoms with E-state index < -0.39 is 0 Å². The van der Waals surface area contributed by atoms with Gasteiger partial charge >= 0.3 is 0 Å². The monoisotopic (exact) mass is 349 g/mol. The number of carbonyl (C=O) groups excluding carboxylic acids is 1. The Morgan fingerprint density at radius 3 is 2.41 bits per heavy atom. The second kappa shape index (κ2) is 6.93. The van der Waals surface area contributed by atoms with Gasteiger partial charge < -0.3 is 5.32 Å². The summed E-state index contributed by atoms with van der Waals surface area (Å²) in [5, 5.41) is 2.99. The summed E-state index contributed by atoms with van der Waals surface area (Å²) in [6.45, 7) is 4.17. The molecule has 1 amide bonds. The highest BCUT2D eigenvalue weighted by Gasteiger charge is 2.14. The Labute approximate surface area is 115 Å². The number of hydrogen-bond acceptors (Lipinski definition) is 1. The number of amides is 1. The van der Waals surface area contributed by atoms with Gasteiger partial charge in [-0.1, -0.05) is 48.6 Å². The van der Waals surface area contributed by atoms with Crippen molar-refractivity contribution in [3.63, 3.8) is 0 Å². The first-order valence-corrected chi connectivity index (χ1v) is 7.15. The molecule has 0 bridgehead atoms. The molecule has 4 heteroatoms. The van der Waals surface area contributed by atoms with Crippen molar-refractivity contribution in [3.05, 3.63) is 35.6 Å². The maximum Gasteiger partial charge on any atom is 0.224 e. The van der Waals surface area contributed by atoms with E-state index in [1.54, 1.807) is 12.1 Å². The summed E-state index contributed by atoms with van der Waals surface area (Å²) in [5.41, 5.74) is 0.833. The zero-order valence-corrected chi connectivity index (χ0v) is 12.2. The fourth-order valence-corrected chi connectivity index (χ4v) is 2.67. The standard InChI is InChI=1S/C13H17FINO/c1-9(2)12(8-15)16-13(17)7-10-3-5-11(14)6-4-10/h3-6,9,12H,7-8H2,1-2H3,(H,16,17). The molecule has 1 N–H and O–H groups in total. The molecule has 0 aliphatic carbocycles. The lowest BCUT2D eigenvalue weighted by molar-refractivity contribution is -0.121. The number of carbonyl (C=O) groups is 1. The molecule has 0 fully saturated rings. The van der Waals surface area contributed by atoms with Gasteiger partial charge in [-0.05, 0) is 23.6 Å². The van der Waals surface area contributed by atoms with Gasteiger partial charge in [-0.3, -0.25) is 4.79 Å². The Hall–Kier alpha value is -0.650. The van der Waals surface area contributed by atoms with Crippen molar-refractivity contribution >= 4 is 28.5 Å². The van der Waals surface area contributed by atoms with E-state index in [9.17, 15) is 9.18 Å². The lowest BCUT2D eigenvalue weighted by Crippen LogP contribution is -2.40. The van der Waals surface area contributed by atoms with Gasteiger partial charge in [0.05, 0.1) is 6.42 Å². The maximum absolute atomic E-state index is 12.7. The zero-order valence-electron chi connectivity index (χ0n) is 10.0. The molecular weight excluding hydrogens is 332 g/mol. The largest absolute Gasteiger partial charge is 0.352 e. The van der Waals surface area contributed by atoms with Crippen LogP contribution in [0.3, 0.4) is 0 Å². The summed E-state index contributed by atoms with van der Waals surface area (Å²) >= 11 is 2.27. The minimum atomic E-state index is -0.276. The maximum atomic E-state index is 12.7. The molecule has 1 rings (SSSR count). The second-order valence-electron chi connectivity index (χ2n) is 4.38. The SMILES string of the molecule is CC(C)C(CI)NC(=O)Cc1ccc(F)cc1. The zero-order chi connectivity index (χ0) is 12.8. The quantitative estimate of drug-likeness (QED) is 0.643. The van der Waals surface area contributed by atoms with Crippen molar-refractivity contribution in [2.75, 3.05) is 4.43 Å². The van der Waals surface area contributed by atoms with Gasteiger partial charge in [0.2, 0.25) is 5.91 Å². The Morgan fingerprint density at radius 2 is 1.94 bits per heavy atom. The normalized spacial score (nSPS) is 12.5. The highest BCUT2D eigenvalue weighted by molar-refractivity contribution is 14.1. The van der Waals surface area contributed by atoms with E-state index in [-0.39, 0.29) is 17.8 Å². The number of halogens is 2. The fraction of sp³-hybridized carbons (Fsp3) is 0.462. The molecule has 2 nitrogen and oxygen atoms in total. The number of hydrogen-bond donors (Lipinski definition) is 1. The predicted octanol–water partition coefficient (Wildman–Crippen LogP) is 2.94. The summed E-state index contributed by atoms with van der Waals surface area (Å²) in [7, 11) is 0. The molecule has 0 aliphatic heterocycles. The van der Waals surface area contributed by atoms with Gasteiger partial charge in [-0.25, -0.2) is 4.39 Å². The Kier molecular flexibility index (Phi) is 5.88. The molecule has 1 unspecified atom stereocenters. The number of alkyl halides is 1. The van der Waals surface area contributed by atoms with Crippen LogP contribution in [0.1, 0.15) is 19.4 Å². The number of rotatable bonds is 5. The van der Waals surface area contributed by atoms with Crippen molar-refractivity contribution in [3.8, 4) is 0 Å². The van der Waals surface area contributed by atoms with Crippen molar-refractivity contribution in [2.45, 2.75) is 26.3 Å². The summed E-state index contributed by atoms with van der Waals surface area (Å²) in [5.74, 6) is 0.137. The van der Waals surface area contributed by atoms with Crippen molar-refractivity contribution in [2.24, 2.45) is 5.92 Å². The first-order chi connectivity index (χ1) is 8.02. The Balaban J connectivity index is 2.52. The van der Waals surface area contributed by atoms with E-state index in [0.717, 1.165) is 9.99 Å². The average molecular weight is 349 g/mol. The smallest absolute Gasteiger partial charge is 0.224 e. The van der Waals surface area contributed by atoms with Crippen LogP contribution < -0.4 is 5.32 Å². The van der Waals surface area contributed by atoms with Crippen LogP contribution in [0.15, 0.2) is 24.3 Å². The van der Waals surface area contributed by atoms with Crippen LogP contribution in [0, 0.1) is 11.7 Å². The minimum absolute atomic E-state index is 0.00743. The molecule has 1 aromatic rings. The van der Waals surface area contributed by atoms with Gasteiger partial charge in [0.15, 0.2) is 0 Å². The van der Waals surface area contributed by atoms with E-state index >= 15 is 0 Å². The van der Waals surface area contributed by atoms with E-state index in [4.69, 9.17) is 0 Å². The summed E-state index contributed by atoms with van der Waals surface area (Å²) in [6, 6.07) is 6.23. The van der Waals surface area contributed by atoms with E-state index in [1.165, 1.54) is 12.1 Å². The second-order valence-corrected chi connectivity index (χ2v) is 5.26. The summed E-state index contributed by atoms with van der Waals surface area (Å²) < 4.78 is 13.6. The Bertz CT molecular complexity index is 364. The number of nitrogens with one attached hydrogen (secondary N) is 1. The van der Waals surface area contributed by atoms with E-state index in [1.807, 2.05) is 0 Å². The van der Waals surface area contributed by atoms with Crippen molar-refractivity contribution < 1.29 is 9.18 Å². The highest BCUT2D eigenvalue weighted by atomic mass is 127. The molecule has 0 aliphatic rings. The van der Waals surface area contributed by atoms with Gasteiger partial charge in [0.25, 0.3) is 0 Å². The summed E-state index contributed by atoms with van der Waals surface area (Å²) in [6.07, 6.45) is 0.306. The third-order valence-corrected chi connectivity index (χ3v) is 3.54. The third kappa shape index (κ3) is 5.02. The lowest BCUT2D eigenvalue weighted by atomic mass is 10.1. The third-order valence-electron chi connectivity index (χ3n) is 2.60. The first-order valence-electron chi connectivity index (χ1n) is 5.62. The minimum Gasteiger partial charge on any atom is -0.352 e. The fourth-order valence-electron chi connectivity index (χ4n) is 1.43. The van der Waals surface area contributed by atoms with Crippen LogP contribution in [0.5, 0.6) is 0 Å². The van der Waals surface area contributed by atoms with Gasteiger partial charge in [0.1, 0.15) is 5.82 Å². The van der Waals surface area contributed by atoms with Gasteiger partial charge in [0, 0.05) is 10.5 Å². The van der Waals surface area contributed by atoms with Crippen LogP contribution >= 0.6 is 22.6 Å². The molecule has 94 valence electrons. The van der Waals surface area contributed by atoms with Gasteiger partial charge in [-0.15, -0.1) is 0 Å². The van der Waals surface area contributed by atoms with Crippen LogP contribution in [-0.4, -0.2) is 16.4 Å². The molecule has 0 aromatic heterocycles. The van der Waals surface area contributed by atoms with E-state index in [0.29, 0.717) is 12.3 Å². The molecule has 0 heterocycles. The van der Waals surface area contributed by atoms with Gasteiger partial charge in [-0.2, -0.15) is 0 Å². The molecule has 0 saturated heterocycles. The Morgan fingerprint density at radius 1 is 1.35 bits per heavy atom. The van der Waals surface area contributed by atoms with Crippen LogP contribution in [0.4, 0.5) is 4.39 Å². The molecule has 1 aromatic carbocycles. The molecule has 0 saturated carbocycles. The van der Waals surface area contributed by atoms with Crippen LogP contribution in [0.2, 0.25) is 0 Å². The average Bonchev–Trinajstić information content (AvgIpc) is 2.28. The molecular formula is C13H17FINO. The molecule has 1 atom stereocenters. The first kappa shape index (κ1) is 14.4. The molecule has 17 heavy (non-hydrogen) atoms. The lowest BCUT2D eigenvalue weighted by Gasteiger charge is -2.19. The van der Waals surface area contributed by atoms with Crippen LogP contribution in [-0.2, 0) is 11.2 Å². The van der Waals surface area contributed by atoms with Crippen LogP contribution in [0.25, 0.3) is 0 Å². The number of benzene rings is 1. The molecule has 0 radical (unpaired) electrons. The molecule has 0 spiro atoms. The van der Waals surface area contributed by atoms with E-state index in [2.05, 4.69) is 41.8 Å².